The van der Waals surface area contributed by atoms with Crippen molar-refractivity contribution in [3.8, 4) is 11.5 Å². The second kappa shape index (κ2) is 7.41. The van der Waals surface area contributed by atoms with Crippen LogP contribution in [0.4, 0.5) is 0 Å². The number of hydrogen-bond donors (Lipinski definition) is 1. The Bertz CT molecular complexity index is 470. The molecule has 1 aromatic carbocycles. The maximum absolute atomic E-state index is 10.8. The predicted molar refractivity (Wildman–Crippen MR) is 74.8 cm³/mol. The van der Waals surface area contributed by atoms with Crippen LogP contribution < -0.4 is 14.9 Å². The van der Waals surface area contributed by atoms with Gasteiger partial charge in [-0.25, -0.2) is 5.43 Å². The van der Waals surface area contributed by atoms with Crippen LogP contribution in [-0.2, 0) is 4.79 Å². The molecule has 0 atom stereocenters. The summed E-state index contributed by atoms with van der Waals surface area (Å²) in [5.74, 6) is 1.19. The van der Waals surface area contributed by atoms with E-state index in [0.717, 1.165) is 5.56 Å². The molecule has 1 rings (SSSR count). The third-order valence-corrected chi connectivity index (χ3v) is 2.34. The van der Waals surface area contributed by atoms with E-state index in [1.165, 1.54) is 6.92 Å². The third kappa shape index (κ3) is 4.62. The largest absolute Gasteiger partial charge is 0.490 e. The number of ether oxygens (including phenoxy) is 2. The summed E-state index contributed by atoms with van der Waals surface area (Å²) in [5, 5.41) is 3.99. The maximum Gasteiger partial charge on any atom is 0.236 e. The molecule has 0 aromatic heterocycles. The lowest BCUT2D eigenvalue weighted by Gasteiger charge is -2.12. The number of rotatable bonds is 6. The summed E-state index contributed by atoms with van der Waals surface area (Å²) >= 11 is 0. The highest BCUT2D eigenvalue weighted by atomic mass is 16.5. The Balaban J connectivity index is 2.99. The number of nitrogens with zero attached hydrogens (tertiary/aromatic N) is 1. The monoisotopic (exact) mass is 264 g/mol. The minimum Gasteiger partial charge on any atom is -0.490 e. The topological polar surface area (TPSA) is 59.9 Å². The van der Waals surface area contributed by atoms with Gasteiger partial charge in [-0.15, -0.1) is 0 Å². The first-order valence-corrected chi connectivity index (χ1v) is 6.29. The van der Waals surface area contributed by atoms with Gasteiger partial charge in [-0.1, -0.05) is 0 Å². The van der Waals surface area contributed by atoms with Gasteiger partial charge in [0.2, 0.25) is 5.91 Å². The van der Waals surface area contributed by atoms with Crippen molar-refractivity contribution in [3.63, 3.8) is 0 Å². The molecule has 0 aliphatic carbocycles. The molecule has 5 nitrogen and oxygen atoms in total. The van der Waals surface area contributed by atoms with Crippen molar-refractivity contribution >= 4 is 11.6 Å². The molecule has 19 heavy (non-hydrogen) atoms. The first kappa shape index (κ1) is 15.0. The summed E-state index contributed by atoms with van der Waals surface area (Å²) in [4.78, 5) is 10.8. The van der Waals surface area contributed by atoms with E-state index >= 15 is 0 Å². The molecule has 0 aliphatic rings. The van der Waals surface area contributed by atoms with Gasteiger partial charge in [0.25, 0.3) is 0 Å². The molecule has 0 radical (unpaired) electrons. The zero-order valence-electron chi connectivity index (χ0n) is 11.8. The lowest BCUT2D eigenvalue weighted by molar-refractivity contribution is -0.118. The van der Waals surface area contributed by atoms with Crippen LogP contribution in [0.25, 0.3) is 0 Å². The summed E-state index contributed by atoms with van der Waals surface area (Å²) in [6.45, 7) is 8.22. The summed E-state index contributed by atoms with van der Waals surface area (Å²) in [7, 11) is 0. The third-order valence-electron chi connectivity index (χ3n) is 2.34. The van der Waals surface area contributed by atoms with Crippen LogP contribution in [0.3, 0.4) is 0 Å². The van der Waals surface area contributed by atoms with Gasteiger partial charge in [-0.3, -0.25) is 4.79 Å². The minimum atomic E-state index is -0.199. The van der Waals surface area contributed by atoms with E-state index in [-0.39, 0.29) is 5.91 Å². The van der Waals surface area contributed by atoms with E-state index in [2.05, 4.69) is 10.5 Å². The molecule has 0 spiro atoms. The first-order chi connectivity index (χ1) is 9.08. The number of nitrogens with one attached hydrogen (secondary N) is 1. The standard InChI is InChI=1S/C14H20N2O3/c1-5-18-13-8-7-12(9-14(13)19-6-2)10(3)15-16-11(4)17/h7-9H,5-6H2,1-4H3,(H,16,17)/b15-10-. The Labute approximate surface area is 113 Å². The van der Waals surface area contributed by atoms with Gasteiger partial charge in [-0.2, -0.15) is 5.10 Å². The average Bonchev–Trinajstić information content (AvgIpc) is 2.38. The lowest BCUT2D eigenvalue weighted by Crippen LogP contribution is -2.15. The molecule has 0 heterocycles. The van der Waals surface area contributed by atoms with Crippen molar-refractivity contribution in [2.45, 2.75) is 27.7 Å². The normalized spacial score (nSPS) is 11.1. The van der Waals surface area contributed by atoms with E-state index in [4.69, 9.17) is 9.47 Å². The second-order valence-corrected chi connectivity index (χ2v) is 3.89. The Morgan fingerprint density at radius 1 is 1.16 bits per heavy atom. The smallest absolute Gasteiger partial charge is 0.236 e. The zero-order chi connectivity index (χ0) is 14.3. The lowest BCUT2D eigenvalue weighted by atomic mass is 10.1. The molecule has 5 heteroatoms. The highest BCUT2D eigenvalue weighted by molar-refractivity contribution is 5.99. The highest BCUT2D eigenvalue weighted by Gasteiger charge is 2.07. The Morgan fingerprint density at radius 3 is 2.37 bits per heavy atom. The van der Waals surface area contributed by atoms with Crippen molar-refractivity contribution in [2.24, 2.45) is 5.10 Å². The van der Waals surface area contributed by atoms with Crippen LogP contribution in [0.2, 0.25) is 0 Å². The maximum atomic E-state index is 10.8. The van der Waals surface area contributed by atoms with Gasteiger partial charge in [0.1, 0.15) is 0 Å². The number of hydrazone groups is 1. The fraction of sp³-hybridized carbons (Fsp3) is 0.429. The summed E-state index contributed by atoms with van der Waals surface area (Å²) in [5.41, 5.74) is 4.00. The fourth-order valence-electron chi connectivity index (χ4n) is 1.50. The predicted octanol–water partition coefficient (Wildman–Crippen LogP) is 2.34. The zero-order valence-corrected chi connectivity index (χ0v) is 11.8. The van der Waals surface area contributed by atoms with Crippen molar-refractivity contribution in [3.05, 3.63) is 23.8 Å². The van der Waals surface area contributed by atoms with E-state index < -0.39 is 0 Å². The number of carbonyl (C=O) groups excluding carboxylic acids is 1. The molecule has 0 fully saturated rings. The number of hydrogen-bond acceptors (Lipinski definition) is 4. The van der Waals surface area contributed by atoms with Crippen molar-refractivity contribution in [2.75, 3.05) is 13.2 Å². The molecular formula is C14H20N2O3. The second-order valence-electron chi connectivity index (χ2n) is 3.89. The summed E-state index contributed by atoms with van der Waals surface area (Å²) in [6, 6.07) is 5.58. The van der Waals surface area contributed by atoms with Crippen molar-refractivity contribution in [1.82, 2.24) is 5.43 Å². The first-order valence-electron chi connectivity index (χ1n) is 6.29. The highest BCUT2D eigenvalue weighted by Crippen LogP contribution is 2.28. The van der Waals surface area contributed by atoms with Crippen LogP contribution in [0.1, 0.15) is 33.3 Å². The van der Waals surface area contributed by atoms with Gasteiger partial charge in [-0.05, 0) is 39.0 Å². The Hall–Kier alpha value is -2.04. The van der Waals surface area contributed by atoms with Gasteiger partial charge in [0.15, 0.2) is 11.5 Å². The van der Waals surface area contributed by atoms with E-state index in [1.807, 2.05) is 39.0 Å². The molecule has 1 N–H and O–H groups in total. The molecule has 104 valence electrons. The molecule has 0 bridgehead atoms. The van der Waals surface area contributed by atoms with Crippen LogP contribution in [-0.4, -0.2) is 24.8 Å². The molecule has 0 unspecified atom stereocenters. The average molecular weight is 264 g/mol. The van der Waals surface area contributed by atoms with Gasteiger partial charge < -0.3 is 9.47 Å². The summed E-state index contributed by atoms with van der Waals surface area (Å²) in [6.07, 6.45) is 0. The number of carbonyl (C=O) groups is 1. The molecule has 0 aliphatic heterocycles. The minimum absolute atomic E-state index is 0.199. The molecular weight excluding hydrogens is 244 g/mol. The van der Waals surface area contributed by atoms with E-state index in [1.54, 1.807) is 0 Å². The van der Waals surface area contributed by atoms with Crippen molar-refractivity contribution < 1.29 is 14.3 Å². The van der Waals surface area contributed by atoms with Crippen molar-refractivity contribution in [1.29, 1.82) is 0 Å². The van der Waals surface area contributed by atoms with E-state index in [0.29, 0.717) is 30.4 Å². The Kier molecular flexibility index (Phi) is 5.85. The summed E-state index contributed by atoms with van der Waals surface area (Å²) < 4.78 is 11.0. The van der Waals surface area contributed by atoms with Gasteiger partial charge >= 0.3 is 0 Å². The van der Waals surface area contributed by atoms with Crippen LogP contribution in [0, 0.1) is 0 Å². The molecule has 1 aromatic rings. The molecule has 1 amide bonds. The van der Waals surface area contributed by atoms with Crippen LogP contribution in [0.5, 0.6) is 11.5 Å². The molecule has 0 saturated carbocycles. The molecule has 0 saturated heterocycles. The Morgan fingerprint density at radius 2 is 1.79 bits per heavy atom. The quantitative estimate of drug-likeness (QED) is 0.633. The van der Waals surface area contributed by atoms with E-state index in [9.17, 15) is 4.79 Å². The van der Waals surface area contributed by atoms with Crippen LogP contribution in [0.15, 0.2) is 23.3 Å². The van der Waals surface area contributed by atoms with Gasteiger partial charge in [0.05, 0.1) is 18.9 Å². The number of benzene rings is 1. The SMILES string of the molecule is CCOc1ccc(/C(C)=N\NC(C)=O)cc1OCC. The fourth-order valence-corrected chi connectivity index (χ4v) is 1.50. The number of amides is 1. The van der Waals surface area contributed by atoms with Crippen LogP contribution >= 0.6 is 0 Å². The van der Waals surface area contributed by atoms with Gasteiger partial charge in [0, 0.05) is 12.5 Å².